The predicted octanol–water partition coefficient (Wildman–Crippen LogP) is 3.21. The van der Waals surface area contributed by atoms with E-state index >= 15 is 0 Å². The van der Waals surface area contributed by atoms with Crippen LogP contribution < -0.4 is 0 Å². The third kappa shape index (κ3) is 4.04. The van der Waals surface area contributed by atoms with Gasteiger partial charge in [0.05, 0.1) is 17.6 Å². The lowest BCUT2D eigenvalue weighted by Crippen LogP contribution is -2.25. The number of nitrogens with zero attached hydrogens (tertiary/aromatic N) is 3. The fourth-order valence-corrected chi connectivity index (χ4v) is 2.12. The fourth-order valence-electron chi connectivity index (χ4n) is 2.12. The van der Waals surface area contributed by atoms with E-state index in [9.17, 15) is 18.3 Å². The van der Waals surface area contributed by atoms with Crippen LogP contribution in [-0.2, 0) is 5.60 Å². The molecule has 0 amide bonds. The van der Waals surface area contributed by atoms with E-state index in [1.54, 1.807) is 24.3 Å². The minimum atomic E-state index is -4.21. The van der Waals surface area contributed by atoms with Crippen molar-refractivity contribution >= 4 is 0 Å². The molecule has 0 aliphatic carbocycles. The summed E-state index contributed by atoms with van der Waals surface area (Å²) in [4.78, 5) is 0. The fraction of sp³-hybridized carbons (Fsp3) is 0.429. The van der Waals surface area contributed by atoms with Crippen LogP contribution in [-0.4, -0.2) is 26.3 Å². The molecule has 1 aromatic heterocycles. The molecule has 0 bridgehead atoms. The minimum Gasteiger partial charge on any atom is -0.384 e. The zero-order chi connectivity index (χ0) is 15.5. The molecule has 0 spiro atoms. The maximum Gasteiger partial charge on any atom is 0.389 e. The summed E-state index contributed by atoms with van der Waals surface area (Å²) in [6.45, 7) is 1.47. The van der Waals surface area contributed by atoms with Gasteiger partial charge in [0.15, 0.2) is 0 Å². The monoisotopic (exact) mass is 299 g/mol. The van der Waals surface area contributed by atoms with E-state index in [2.05, 4.69) is 10.3 Å². The number of benzene rings is 1. The molecule has 114 valence electrons. The Hall–Kier alpha value is -1.89. The van der Waals surface area contributed by atoms with Crippen molar-refractivity contribution < 1.29 is 18.3 Å². The van der Waals surface area contributed by atoms with Gasteiger partial charge in [-0.1, -0.05) is 23.4 Å². The van der Waals surface area contributed by atoms with Crippen molar-refractivity contribution in [1.82, 2.24) is 15.0 Å². The van der Waals surface area contributed by atoms with Crippen LogP contribution in [0, 0.1) is 0 Å². The van der Waals surface area contributed by atoms with Gasteiger partial charge in [0.2, 0.25) is 0 Å². The van der Waals surface area contributed by atoms with Crippen LogP contribution in [0.3, 0.4) is 0 Å². The SMILES string of the molecule is CC(O)(CCCC(F)(F)F)c1cnnn1-c1ccccc1. The van der Waals surface area contributed by atoms with Gasteiger partial charge in [-0.15, -0.1) is 5.10 Å². The first-order chi connectivity index (χ1) is 9.80. The van der Waals surface area contributed by atoms with Gasteiger partial charge >= 0.3 is 6.18 Å². The predicted molar refractivity (Wildman–Crippen MR) is 70.8 cm³/mol. The molecule has 0 saturated heterocycles. The molecule has 0 fully saturated rings. The van der Waals surface area contributed by atoms with E-state index < -0.39 is 18.2 Å². The number of rotatable bonds is 5. The molecule has 0 saturated carbocycles. The van der Waals surface area contributed by atoms with Crippen molar-refractivity contribution in [2.45, 2.75) is 38.0 Å². The molecule has 1 N–H and O–H groups in total. The lowest BCUT2D eigenvalue weighted by Gasteiger charge is -2.24. The first-order valence-electron chi connectivity index (χ1n) is 6.55. The number of aromatic nitrogens is 3. The third-order valence-electron chi connectivity index (χ3n) is 3.23. The van der Waals surface area contributed by atoms with Gasteiger partial charge in [-0.25, -0.2) is 4.68 Å². The second-order valence-electron chi connectivity index (χ2n) is 5.11. The quantitative estimate of drug-likeness (QED) is 0.922. The molecule has 1 unspecified atom stereocenters. The molecule has 2 rings (SSSR count). The summed E-state index contributed by atoms with van der Waals surface area (Å²) < 4.78 is 38.1. The second-order valence-corrected chi connectivity index (χ2v) is 5.11. The van der Waals surface area contributed by atoms with Gasteiger partial charge in [-0.3, -0.25) is 0 Å². The molecule has 4 nitrogen and oxygen atoms in total. The highest BCUT2D eigenvalue weighted by Gasteiger charge is 2.32. The first-order valence-corrected chi connectivity index (χ1v) is 6.55. The van der Waals surface area contributed by atoms with Crippen molar-refractivity contribution in [3.8, 4) is 5.69 Å². The van der Waals surface area contributed by atoms with Gasteiger partial charge in [0.25, 0.3) is 0 Å². The Labute approximate surface area is 120 Å². The average molecular weight is 299 g/mol. The Balaban J connectivity index is 2.16. The number of hydrogen-bond acceptors (Lipinski definition) is 3. The van der Waals surface area contributed by atoms with Crippen LogP contribution in [0.4, 0.5) is 13.2 Å². The summed E-state index contributed by atoms with van der Waals surface area (Å²) >= 11 is 0. The minimum absolute atomic E-state index is 0.0211. The highest BCUT2D eigenvalue weighted by Crippen LogP contribution is 2.30. The van der Waals surface area contributed by atoms with Gasteiger partial charge in [-0.05, 0) is 31.9 Å². The van der Waals surface area contributed by atoms with Crippen LogP contribution in [0.2, 0.25) is 0 Å². The van der Waals surface area contributed by atoms with Crippen molar-refractivity contribution in [1.29, 1.82) is 0 Å². The summed E-state index contributed by atoms with van der Waals surface area (Å²) in [6, 6.07) is 9.01. The molecular formula is C14H16F3N3O. The maximum atomic E-state index is 12.2. The van der Waals surface area contributed by atoms with Gasteiger partial charge < -0.3 is 5.11 Å². The van der Waals surface area contributed by atoms with Crippen molar-refractivity contribution in [2.24, 2.45) is 0 Å². The second kappa shape index (κ2) is 5.85. The van der Waals surface area contributed by atoms with Crippen LogP contribution in [0.1, 0.15) is 31.9 Å². The molecule has 0 aliphatic heterocycles. The lowest BCUT2D eigenvalue weighted by molar-refractivity contribution is -0.137. The third-order valence-corrected chi connectivity index (χ3v) is 3.23. The summed E-state index contributed by atoms with van der Waals surface area (Å²) in [6.07, 6.45) is -3.94. The normalized spacial score (nSPS) is 14.9. The summed E-state index contributed by atoms with van der Waals surface area (Å²) in [5.74, 6) is 0. The summed E-state index contributed by atoms with van der Waals surface area (Å²) in [5.41, 5.74) is -0.359. The number of halogens is 3. The van der Waals surface area contributed by atoms with E-state index in [1.165, 1.54) is 17.8 Å². The average Bonchev–Trinajstić information content (AvgIpc) is 2.88. The number of alkyl halides is 3. The zero-order valence-electron chi connectivity index (χ0n) is 11.5. The van der Waals surface area contributed by atoms with Crippen LogP contribution in [0.25, 0.3) is 5.69 Å². The van der Waals surface area contributed by atoms with Gasteiger partial charge in [-0.2, -0.15) is 13.2 Å². The summed E-state index contributed by atoms with van der Waals surface area (Å²) in [7, 11) is 0. The topological polar surface area (TPSA) is 50.9 Å². The molecule has 2 aromatic rings. The van der Waals surface area contributed by atoms with E-state index in [0.717, 1.165) is 0 Å². The number of para-hydroxylation sites is 1. The van der Waals surface area contributed by atoms with Crippen LogP contribution >= 0.6 is 0 Å². The number of aliphatic hydroxyl groups is 1. The molecular weight excluding hydrogens is 283 g/mol. The molecule has 7 heteroatoms. The van der Waals surface area contributed by atoms with Crippen LogP contribution in [0.5, 0.6) is 0 Å². The Morgan fingerprint density at radius 2 is 1.81 bits per heavy atom. The highest BCUT2D eigenvalue weighted by atomic mass is 19.4. The van der Waals surface area contributed by atoms with Crippen molar-refractivity contribution in [3.05, 3.63) is 42.2 Å². The lowest BCUT2D eigenvalue weighted by atomic mass is 9.95. The maximum absolute atomic E-state index is 12.2. The summed E-state index contributed by atoms with van der Waals surface area (Å²) in [5, 5.41) is 18.1. The standard InChI is InChI=1S/C14H16F3N3O/c1-13(21,8-5-9-14(15,16)17)12-10-18-19-20(12)11-6-3-2-4-7-11/h2-4,6-7,10,21H,5,8-9H2,1H3. The largest absolute Gasteiger partial charge is 0.389 e. The van der Waals surface area contributed by atoms with Gasteiger partial charge in [0.1, 0.15) is 5.60 Å². The molecule has 0 aliphatic rings. The Morgan fingerprint density at radius 1 is 1.14 bits per heavy atom. The zero-order valence-corrected chi connectivity index (χ0v) is 11.5. The van der Waals surface area contributed by atoms with Gasteiger partial charge in [0, 0.05) is 6.42 Å². The smallest absolute Gasteiger partial charge is 0.384 e. The Morgan fingerprint density at radius 3 is 2.43 bits per heavy atom. The molecule has 21 heavy (non-hydrogen) atoms. The molecule has 1 atom stereocenters. The van der Waals surface area contributed by atoms with E-state index in [0.29, 0.717) is 11.4 Å². The van der Waals surface area contributed by atoms with E-state index in [-0.39, 0.29) is 12.8 Å². The van der Waals surface area contributed by atoms with Crippen LogP contribution in [0.15, 0.2) is 36.5 Å². The number of hydrogen-bond donors (Lipinski definition) is 1. The highest BCUT2D eigenvalue weighted by molar-refractivity contribution is 5.32. The first kappa shape index (κ1) is 15.5. The molecule has 0 radical (unpaired) electrons. The van der Waals surface area contributed by atoms with Crippen molar-refractivity contribution in [2.75, 3.05) is 0 Å². The Bertz CT molecular complexity index is 579. The molecule has 1 aromatic carbocycles. The Kier molecular flexibility index (Phi) is 4.32. The van der Waals surface area contributed by atoms with E-state index in [4.69, 9.17) is 0 Å². The van der Waals surface area contributed by atoms with Crippen molar-refractivity contribution in [3.63, 3.8) is 0 Å². The van der Waals surface area contributed by atoms with E-state index in [1.807, 2.05) is 6.07 Å². The molecule has 1 heterocycles.